The maximum absolute atomic E-state index is 11.0. The van der Waals surface area contributed by atoms with Crippen LogP contribution in [0.25, 0.3) is 0 Å². The molecule has 5 nitrogen and oxygen atoms in total. The summed E-state index contributed by atoms with van der Waals surface area (Å²) in [6.45, 7) is -0.293. The molecule has 0 heterocycles. The quantitative estimate of drug-likeness (QED) is 0.678. The van der Waals surface area contributed by atoms with Gasteiger partial charge in [0.1, 0.15) is 5.75 Å². The van der Waals surface area contributed by atoms with Gasteiger partial charge >= 0.3 is 5.69 Å². The molecule has 0 atom stereocenters. The van der Waals surface area contributed by atoms with E-state index in [0.717, 1.165) is 0 Å². The number of hydrogen-bond acceptors (Lipinski definition) is 4. The average molecular weight is 314 g/mol. The van der Waals surface area contributed by atoms with E-state index >= 15 is 0 Å². The Morgan fingerprint density at radius 3 is 2.55 bits per heavy atom. The van der Waals surface area contributed by atoms with E-state index in [1.807, 2.05) is 0 Å². The summed E-state index contributed by atoms with van der Waals surface area (Å²) in [6, 6.07) is 8.76. The van der Waals surface area contributed by atoms with Crippen molar-refractivity contribution in [2.45, 2.75) is 6.61 Å². The van der Waals surface area contributed by atoms with Crippen LogP contribution in [-0.4, -0.2) is 10.0 Å². The van der Waals surface area contributed by atoms with E-state index in [4.69, 9.17) is 33.0 Å². The number of ether oxygens (including phenoxy) is 1. The van der Waals surface area contributed by atoms with E-state index < -0.39 is 4.92 Å². The molecule has 20 heavy (non-hydrogen) atoms. The Labute approximate surface area is 124 Å². The van der Waals surface area contributed by atoms with E-state index in [9.17, 15) is 10.1 Å². The molecular weight excluding hydrogens is 305 g/mol. The van der Waals surface area contributed by atoms with E-state index in [2.05, 4.69) is 0 Å². The van der Waals surface area contributed by atoms with Crippen molar-refractivity contribution in [3.8, 4) is 11.5 Å². The van der Waals surface area contributed by atoms with Crippen LogP contribution in [-0.2, 0) is 6.61 Å². The second-order valence-electron chi connectivity index (χ2n) is 3.89. The summed E-state index contributed by atoms with van der Waals surface area (Å²) in [5.41, 5.74) is 0.161. The van der Waals surface area contributed by atoms with Crippen molar-refractivity contribution in [3.63, 3.8) is 0 Å². The van der Waals surface area contributed by atoms with Crippen LogP contribution in [0.1, 0.15) is 5.56 Å². The van der Waals surface area contributed by atoms with Gasteiger partial charge in [-0.3, -0.25) is 10.1 Å². The standard InChI is InChI=1S/C13H9Cl2NO4/c14-9-2-3-10(15)13(6-9)20-12-4-1-8(7-17)5-11(12)16(18)19/h1-6,17H,7H2. The van der Waals surface area contributed by atoms with Gasteiger partial charge in [-0.15, -0.1) is 0 Å². The minimum Gasteiger partial charge on any atom is -0.449 e. The molecule has 1 N–H and O–H groups in total. The lowest BCUT2D eigenvalue weighted by atomic mass is 10.2. The number of benzene rings is 2. The van der Waals surface area contributed by atoms with E-state index in [1.165, 1.54) is 30.3 Å². The van der Waals surface area contributed by atoms with Gasteiger partial charge in [-0.1, -0.05) is 29.3 Å². The summed E-state index contributed by atoms with van der Waals surface area (Å²) >= 11 is 11.8. The summed E-state index contributed by atoms with van der Waals surface area (Å²) in [4.78, 5) is 10.4. The molecule has 0 saturated carbocycles. The average Bonchev–Trinajstić information content (AvgIpc) is 2.43. The molecule has 0 bridgehead atoms. The van der Waals surface area contributed by atoms with E-state index in [-0.39, 0.29) is 28.8 Å². The Hall–Kier alpha value is -1.82. The van der Waals surface area contributed by atoms with Crippen LogP contribution in [0.5, 0.6) is 11.5 Å². The highest BCUT2D eigenvalue weighted by molar-refractivity contribution is 6.34. The number of rotatable bonds is 4. The lowest BCUT2D eigenvalue weighted by Gasteiger charge is -2.09. The Bertz CT molecular complexity index is 661. The lowest BCUT2D eigenvalue weighted by Crippen LogP contribution is -1.96. The second kappa shape index (κ2) is 6.09. The lowest BCUT2D eigenvalue weighted by molar-refractivity contribution is -0.385. The summed E-state index contributed by atoms with van der Waals surface area (Å²) in [7, 11) is 0. The molecule has 0 radical (unpaired) electrons. The third-order valence-corrected chi connectivity index (χ3v) is 3.06. The van der Waals surface area contributed by atoms with Crippen molar-refractivity contribution in [2.75, 3.05) is 0 Å². The van der Waals surface area contributed by atoms with E-state index in [0.29, 0.717) is 10.6 Å². The molecule has 2 rings (SSSR count). The van der Waals surface area contributed by atoms with Crippen molar-refractivity contribution >= 4 is 28.9 Å². The second-order valence-corrected chi connectivity index (χ2v) is 4.74. The fourth-order valence-electron chi connectivity index (χ4n) is 1.56. The van der Waals surface area contributed by atoms with Crippen molar-refractivity contribution in [1.29, 1.82) is 0 Å². The number of halogens is 2. The molecule has 0 spiro atoms. The van der Waals surface area contributed by atoms with Gasteiger partial charge in [0.15, 0.2) is 0 Å². The summed E-state index contributed by atoms with van der Waals surface area (Å²) < 4.78 is 5.44. The monoisotopic (exact) mass is 313 g/mol. The smallest absolute Gasteiger partial charge is 0.311 e. The van der Waals surface area contributed by atoms with Crippen molar-refractivity contribution in [2.24, 2.45) is 0 Å². The molecule has 0 saturated heterocycles. The Balaban J connectivity index is 2.42. The molecule has 0 unspecified atom stereocenters. The van der Waals surface area contributed by atoms with Gasteiger partial charge in [-0.05, 0) is 23.8 Å². The molecule has 104 valence electrons. The molecule has 0 aromatic heterocycles. The third-order valence-electron chi connectivity index (χ3n) is 2.52. The minimum absolute atomic E-state index is 0.0244. The maximum Gasteiger partial charge on any atom is 0.311 e. The van der Waals surface area contributed by atoms with Crippen LogP contribution < -0.4 is 4.74 Å². The van der Waals surface area contributed by atoms with Gasteiger partial charge in [0.05, 0.1) is 16.6 Å². The zero-order valence-corrected chi connectivity index (χ0v) is 11.6. The van der Waals surface area contributed by atoms with Crippen molar-refractivity contribution in [1.82, 2.24) is 0 Å². The summed E-state index contributed by atoms with van der Waals surface area (Å²) in [6.07, 6.45) is 0. The highest BCUT2D eigenvalue weighted by Crippen LogP contribution is 2.36. The topological polar surface area (TPSA) is 72.6 Å². The first kappa shape index (κ1) is 14.6. The summed E-state index contributed by atoms with van der Waals surface area (Å²) in [5.74, 6) is 0.246. The highest BCUT2D eigenvalue weighted by atomic mass is 35.5. The first-order valence-corrected chi connectivity index (χ1v) is 6.28. The van der Waals surface area contributed by atoms with Crippen LogP contribution in [0.2, 0.25) is 10.0 Å². The molecule has 2 aromatic carbocycles. The number of nitrogens with zero attached hydrogens (tertiary/aromatic N) is 1. The third kappa shape index (κ3) is 3.19. The van der Waals surface area contributed by atoms with Gasteiger partial charge < -0.3 is 9.84 Å². The van der Waals surface area contributed by atoms with Crippen LogP contribution in [0.3, 0.4) is 0 Å². The predicted octanol–water partition coefficient (Wildman–Crippen LogP) is 4.19. The number of hydrogen-bond donors (Lipinski definition) is 1. The van der Waals surface area contributed by atoms with Gasteiger partial charge in [0, 0.05) is 17.2 Å². The van der Waals surface area contributed by atoms with Crippen LogP contribution in [0.15, 0.2) is 36.4 Å². The Kier molecular flexibility index (Phi) is 4.44. The minimum atomic E-state index is -0.590. The SMILES string of the molecule is O=[N+]([O-])c1cc(CO)ccc1Oc1cc(Cl)ccc1Cl. The van der Waals surface area contributed by atoms with E-state index in [1.54, 1.807) is 6.07 Å². The zero-order chi connectivity index (χ0) is 14.7. The molecule has 0 fully saturated rings. The van der Waals surface area contributed by atoms with Crippen molar-refractivity contribution < 1.29 is 14.8 Å². The van der Waals surface area contributed by atoms with Crippen molar-refractivity contribution in [3.05, 3.63) is 62.1 Å². The number of nitro benzene ring substituents is 1. The predicted molar refractivity (Wildman–Crippen MR) is 75.6 cm³/mol. The molecule has 0 amide bonds. The van der Waals surface area contributed by atoms with Gasteiger partial charge in [0.25, 0.3) is 0 Å². The first-order chi connectivity index (χ1) is 9.51. The largest absolute Gasteiger partial charge is 0.449 e. The maximum atomic E-state index is 11.0. The molecule has 0 aliphatic heterocycles. The fraction of sp³-hybridized carbons (Fsp3) is 0.0769. The molecule has 0 aliphatic carbocycles. The van der Waals surface area contributed by atoms with Crippen LogP contribution in [0.4, 0.5) is 5.69 Å². The Morgan fingerprint density at radius 2 is 1.90 bits per heavy atom. The number of nitro groups is 1. The number of aliphatic hydroxyl groups excluding tert-OH is 1. The van der Waals surface area contributed by atoms with Gasteiger partial charge in [-0.25, -0.2) is 0 Å². The van der Waals surface area contributed by atoms with Crippen LogP contribution in [0, 0.1) is 10.1 Å². The molecule has 0 aliphatic rings. The van der Waals surface area contributed by atoms with Gasteiger partial charge in [0.2, 0.25) is 5.75 Å². The molecular formula is C13H9Cl2NO4. The first-order valence-electron chi connectivity index (χ1n) is 5.52. The molecule has 7 heteroatoms. The summed E-state index contributed by atoms with van der Waals surface area (Å²) in [5, 5.41) is 20.7. The van der Waals surface area contributed by atoms with Crippen LogP contribution >= 0.6 is 23.2 Å². The fourth-order valence-corrected chi connectivity index (χ4v) is 1.88. The Morgan fingerprint density at radius 1 is 1.15 bits per heavy atom. The normalized spacial score (nSPS) is 10.3. The number of aliphatic hydroxyl groups is 1. The van der Waals surface area contributed by atoms with Gasteiger partial charge in [-0.2, -0.15) is 0 Å². The molecule has 2 aromatic rings. The highest BCUT2D eigenvalue weighted by Gasteiger charge is 2.17. The zero-order valence-electron chi connectivity index (χ0n) is 10.0.